The van der Waals surface area contributed by atoms with E-state index in [1.165, 1.54) is 11.1 Å². The summed E-state index contributed by atoms with van der Waals surface area (Å²) < 4.78 is 2.03. The summed E-state index contributed by atoms with van der Waals surface area (Å²) in [6.45, 7) is 8.81. The second-order valence-corrected chi connectivity index (χ2v) is 6.13. The van der Waals surface area contributed by atoms with Crippen molar-refractivity contribution in [1.29, 1.82) is 0 Å². The van der Waals surface area contributed by atoms with Gasteiger partial charge in [0.15, 0.2) is 5.82 Å². The van der Waals surface area contributed by atoms with Gasteiger partial charge in [0.25, 0.3) is 0 Å². The Hall–Kier alpha value is -2.43. The zero-order chi connectivity index (χ0) is 16.0. The average Bonchev–Trinajstić information content (AvgIpc) is 2.90. The maximum absolute atomic E-state index is 4.77. The van der Waals surface area contributed by atoms with Gasteiger partial charge in [-0.1, -0.05) is 24.3 Å². The molecule has 0 unspecified atom stereocenters. The summed E-state index contributed by atoms with van der Waals surface area (Å²) in [7, 11) is 0. The largest absolute Gasteiger partial charge is 0.350 e. The van der Waals surface area contributed by atoms with E-state index in [4.69, 9.17) is 4.98 Å². The fourth-order valence-corrected chi connectivity index (χ4v) is 3.45. The van der Waals surface area contributed by atoms with Gasteiger partial charge in [-0.05, 0) is 38.3 Å². The minimum absolute atomic E-state index is 0.810. The molecular weight excluding hydrogens is 286 g/mol. The van der Waals surface area contributed by atoms with Crippen LogP contribution in [0, 0.1) is 13.8 Å². The van der Waals surface area contributed by atoms with Crippen molar-refractivity contribution < 1.29 is 0 Å². The lowest BCUT2D eigenvalue weighted by atomic mass is 10.00. The van der Waals surface area contributed by atoms with E-state index in [2.05, 4.69) is 46.2 Å². The highest BCUT2D eigenvalue weighted by Gasteiger charge is 2.23. The summed E-state index contributed by atoms with van der Waals surface area (Å²) in [5, 5.41) is 4.64. The molecule has 0 N–H and O–H groups in total. The van der Waals surface area contributed by atoms with E-state index in [9.17, 15) is 0 Å². The summed E-state index contributed by atoms with van der Waals surface area (Å²) in [5.74, 6) is 1.83. The van der Waals surface area contributed by atoms with E-state index in [1.54, 1.807) is 0 Å². The summed E-state index contributed by atoms with van der Waals surface area (Å²) in [5.41, 5.74) is 5.86. The van der Waals surface area contributed by atoms with Crippen molar-refractivity contribution in [2.75, 3.05) is 11.4 Å². The first-order chi connectivity index (χ1) is 11.2. The van der Waals surface area contributed by atoms with Gasteiger partial charge in [0, 0.05) is 19.6 Å². The Morgan fingerprint density at radius 2 is 1.87 bits per heavy atom. The third kappa shape index (κ3) is 2.27. The predicted octanol–water partition coefficient (Wildman–Crippen LogP) is 3.03. The van der Waals surface area contributed by atoms with Gasteiger partial charge in [-0.15, -0.1) is 0 Å². The topological polar surface area (TPSA) is 46.8 Å². The van der Waals surface area contributed by atoms with Crippen molar-refractivity contribution in [2.24, 2.45) is 0 Å². The van der Waals surface area contributed by atoms with Crippen molar-refractivity contribution in [2.45, 2.75) is 40.3 Å². The van der Waals surface area contributed by atoms with Gasteiger partial charge in [-0.2, -0.15) is 5.10 Å². The van der Waals surface area contributed by atoms with Crippen LogP contribution in [-0.4, -0.2) is 26.3 Å². The summed E-state index contributed by atoms with van der Waals surface area (Å²) in [6, 6.07) is 8.68. The summed E-state index contributed by atoms with van der Waals surface area (Å²) >= 11 is 0. The molecule has 0 fully saturated rings. The molecule has 0 saturated carbocycles. The molecule has 5 nitrogen and oxygen atoms in total. The number of rotatable bonds is 2. The van der Waals surface area contributed by atoms with Gasteiger partial charge < -0.3 is 4.90 Å². The molecule has 1 aromatic carbocycles. The van der Waals surface area contributed by atoms with Crippen molar-refractivity contribution in [3.05, 3.63) is 46.9 Å². The molecule has 0 radical (unpaired) electrons. The minimum atomic E-state index is 0.810. The lowest BCUT2D eigenvalue weighted by Gasteiger charge is -2.30. The van der Waals surface area contributed by atoms with Gasteiger partial charge >= 0.3 is 0 Å². The van der Waals surface area contributed by atoms with Crippen LogP contribution in [0.1, 0.15) is 29.6 Å². The van der Waals surface area contributed by atoms with Crippen LogP contribution in [0.4, 0.5) is 5.82 Å². The van der Waals surface area contributed by atoms with Crippen molar-refractivity contribution in [1.82, 2.24) is 19.7 Å². The molecule has 0 saturated heterocycles. The van der Waals surface area contributed by atoms with Crippen LogP contribution in [0.15, 0.2) is 24.3 Å². The van der Waals surface area contributed by atoms with E-state index in [0.29, 0.717) is 0 Å². The van der Waals surface area contributed by atoms with E-state index in [0.717, 1.165) is 54.4 Å². The number of aromatic nitrogens is 4. The first-order valence-electron chi connectivity index (χ1n) is 8.21. The van der Waals surface area contributed by atoms with Crippen LogP contribution in [0.3, 0.4) is 0 Å². The van der Waals surface area contributed by atoms with E-state index >= 15 is 0 Å². The zero-order valence-electron chi connectivity index (χ0n) is 13.9. The average molecular weight is 307 g/mol. The molecule has 3 heterocycles. The normalized spacial score (nSPS) is 14.3. The second kappa shape index (κ2) is 5.33. The number of hydrogen-bond donors (Lipinski definition) is 0. The van der Waals surface area contributed by atoms with Crippen molar-refractivity contribution >= 4 is 16.9 Å². The smallest absolute Gasteiger partial charge is 0.158 e. The van der Waals surface area contributed by atoms with Crippen LogP contribution in [0.25, 0.3) is 11.0 Å². The van der Waals surface area contributed by atoms with Crippen LogP contribution in [0.5, 0.6) is 0 Å². The van der Waals surface area contributed by atoms with Gasteiger partial charge in [-0.3, -0.25) is 4.68 Å². The maximum atomic E-state index is 4.77. The Balaban J connectivity index is 1.86. The highest BCUT2D eigenvalue weighted by atomic mass is 15.3. The molecule has 0 amide bonds. The zero-order valence-corrected chi connectivity index (χ0v) is 13.9. The summed E-state index contributed by atoms with van der Waals surface area (Å²) in [4.78, 5) is 11.8. The van der Waals surface area contributed by atoms with Crippen molar-refractivity contribution in [3.8, 4) is 0 Å². The molecule has 118 valence electrons. The van der Waals surface area contributed by atoms with Gasteiger partial charge in [0.2, 0.25) is 0 Å². The predicted molar refractivity (Wildman–Crippen MR) is 91.7 cm³/mol. The molecule has 0 bridgehead atoms. The highest BCUT2D eigenvalue weighted by molar-refractivity contribution is 5.88. The van der Waals surface area contributed by atoms with E-state index in [1.807, 2.05) is 18.5 Å². The first kappa shape index (κ1) is 14.2. The number of hydrogen-bond acceptors (Lipinski definition) is 4. The van der Waals surface area contributed by atoms with E-state index < -0.39 is 0 Å². The molecule has 5 heteroatoms. The molecule has 0 atom stereocenters. The second-order valence-electron chi connectivity index (χ2n) is 6.13. The first-order valence-corrected chi connectivity index (χ1v) is 8.21. The Bertz CT molecular complexity index is 880. The van der Waals surface area contributed by atoms with E-state index in [-0.39, 0.29) is 0 Å². The Labute approximate surface area is 136 Å². The van der Waals surface area contributed by atoms with Gasteiger partial charge in [0.1, 0.15) is 16.9 Å². The van der Waals surface area contributed by atoms with Crippen molar-refractivity contribution in [3.63, 3.8) is 0 Å². The maximum Gasteiger partial charge on any atom is 0.158 e. The number of fused-ring (bicyclic) bond motifs is 2. The number of benzene rings is 1. The fraction of sp³-hybridized carbons (Fsp3) is 0.389. The molecule has 4 rings (SSSR count). The molecule has 0 spiro atoms. The molecular formula is C18H21N5. The standard InChI is InChI=1S/C18H21N5/c1-4-23-17-16(12(2)21-23)19-13(3)20-18(17)22-10-9-14-7-5-6-8-15(14)11-22/h5-8H,4,9-11H2,1-3H3. The van der Waals surface area contributed by atoms with Crippen LogP contribution in [-0.2, 0) is 19.5 Å². The molecule has 1 aliphatic rings. The number of aryl methyl sites for hydroxylation is 3. The monoisotopic (exact) mass is 307 g/mol. The molecule has 0 aliphatic carbocycles. The Morgan fingerprint density at radius 1 is 1.09 bits per heavy atom. The number of nitrogens with zero attached hydrogens (tertiary/aromatic N) is 5. The number of anilines is 1. The fourth-order valence-electron chi connectivity index (χ4n) is 3.45. The quantitative estimate of drug-likeness (QED) is 0.730. The molecule has 3 aromatic rings. The van der Waals surface area contributed by atoms with Crippen LogP contribution in [0.2, 0.25) is 0 Å². The van der Waals surface area contributed by atoms with Gasteiger partial charge in [-0.25, -0.2) is 9.97 Å². The third-order valence-corrected chi connectivity index (χ3v) is 4.58. The highest BCUT2D eigenvalue weighted by Crippen LogP contribution is 2.30. The molecule has 23 heavy (non-hydrogen) atoms. The Morgan fingerprint density at radius 3 is 2.65 bits per heavy atom. The van der Waals surface area contributed by atoms with Crippen LogP contribution < -0.4 is 4.90 Å². The third-order valence-electron chi connectivity index (χ3n) is 4.58. The SMILES string of the molecule is CCn1nc(C)c2nc(C)nc(N3CCc4ccccc4C3)c21. The summed E-state index contributed by atoms with van der Waals surface area (Å²) in [6.07, 6.45) is 1.06. The lowest BCUT2D eigenvalue weighted by molar-refractivity contribution is 0.667. The molecule has 1 aliphatic heterocycles. The van der Waals surface area contributed by atoms with Gasteiger partial charge in [0.05, 0.1) is 5.69 Å². The van der Waals surface area contributed by atoms with Crippen LogP contribution >= 0.6 is 0 Å². The molecule has 2 aromatic heterocycles. The Kier molecular flexibility index (Phi) is 3.29. The minimum Gasteiger partial charge on any atom is -0.350 e. The lowest BCUT2D eigenvalue weighted by Crippen LogP contribution is -2.31.